The van der Waals surface area contributed by atoms with Crippen molar-refractivity contribution in [2.45, 2.75) is 36.4 Å². The van der Waals surface area contributed by atoms with E-state index in [0.29, 0.717) is 49.3 Å². The first-order chi connectivity index (χ1) is 15.9. The zero-order valence-corrected chi connectivity index (χ0v) is 20.2. The molecule has 3 amide bonds. The van der Waals surface area contributed by atoms with Crippen LogP contribution in [0.25, 0.3) is 11.4 Å². The Morgan fingerprint density at radius 2 is 1.97 bits per heavy atom. The highest BCUT2D eigenvalue weighted by Gasteiger charge is 2.27. The first-order valence-corrected chi connectivity index (χ1v) is 13.0. The van der Waals surface area contributed by atoms with Gasteiger partial charge in [-0.1, -0.05) is 23.9 Å². The van der Waals surface area contributed by atoms with E-state index in [1.165, 1.54) is 11.4 Å². The number of hydrogen-bond donors (Lipinski definition) is 2. The normalized spacial score (nSPS) is 14.4. The Labute approximate surface area is 197 Å². The molecule has 0 spiro atoms. The number of rotatable bonds is 10. The van der Waals surface area contributed by atoms with Gasteiger partial charge < -0.3 is 14.6 Å². The molecule has 0 atom stereocenters. The summed E-state index contributed by atoms with van der Waals surface area (Å²) in [6.07, 6.45) is 1.73. The smallest absolute Gasteiger partial charge is 0.321 e. The number of nitrogens with one attached hydrogen (secondary N) is 2. The highest BCUT2D eigenvalue weighted by molar-refractivity contribution is 7.99. The van der Waals surface area contributed by atoms with Crippen LogP contribution in [0.3, 0.4) is 0 Å². The van der Waals surface area contributed by atoms with Gasteiger partial charge in [-0.3, -0.25) is 10.1 Å². The maximum atomic E-state index is 12.9. The second-order valence-corrected chi connectivity index (χ2v) is 10.2. The quantitative estimate of drug-likeness (QED) is 0.371. The lowest BCUT2D eigenvalue weighted by atomic mass is 10.2. The molecule has 1 aliphatic rings. The van der Waals surface area contributed by atoms with E-state index in [2.05, 4.69) is 20.8 Å². The van der Waals surface area contributed by atoms with Crippen LogP contribution in [0.5, 0.6) is 0 Å². The van der Waals surface area contributed by atoms with Crippen LogP contribution < -0.4 is 10.6 Å². The highest BCUT2D eigenvalue weighted by Crippen LogP contribution is 2.27. The Morgan fingerprint density at radius 1 is 1.21 bits per heavy atom. The minimum absolute atomic E-state index is 0.0286. The fourth-order valence-electron chi connectivity index (χ4n) is 3.37. The molecule has 33 heavy (non-hydrogen) atoms. The number of methoxy groups -OCH3 is 1. The molecule has 0 aliphatic carbocycles. The summed E-state index contributed by atoms with van der Waals surface area (Å²) in [4.78, 5) is 24.0. The van der Waals surface area contributed by atoms with Crippen molar-refractivity contribution in [3.8, 4) is 11.4 Å². The molecule has 0 saturated carbocycles. The van der Waals surface area contributed by atoms with Gasteiger partial charge in [0, 0.05) is 38.9 Å². The van der Waals surface area contributed by atoms with Gasteiger partial charge in [0.15, 0.2) is 11.0 Å². The Balaban J connectivity index is 1.69. The molecule has 0 radical (unpaired) electrons. The predicted octanol–water partition coefficient (Wildman–Crippen LogP) is 1.31. The van der Waals surface area contributed by atoms with E-state index >= 15 is 0 Å². The van der Waals surface area contributed by atoms with Gasteiger partial charge >= 0.3 is 6.03 Å². The molecule has 0 bridgehead atoms. The van der Waals surface area contributed by atoms with Crippen LogP contribution in [0.15, 0.2) is 34.3 Å². The summed E-state index contributed by atoms with van der Waals surface area (Å²) in [5.41, 5.74) is 0.624. The molecule has 180 valence electrons. The fraction of sp³-hybridized carbons (Fsp3) is 0.500. The van der Waals surface area contributed by atoms with Crippen molar-refractivity contribution in [3.05, 3.63) is 24.3 Å². The molecule has 13 heteroatoms. The third-order valence-electron chi connectivity index (χ3n) is 5.01. The summed E-state index contributed by atoms with van der Waals surface area (Å²) >= 11 is 1.14. The third kappa shape index (κ3) is 6.31. The van der Waals surface area contributed by atoms with Crippen molar-refractivity contribution in [2.24, 2.45) is 0 Å². The first-order valence-electron chi connectivity index (χ1n) is 10.6. The molecule has 1 aromatic carbocycles. The molecular formula is C20H28N6O5S2. The summed E-state index contributed by atoms with van der Waals surface area (Å²) < 4.78 is 34.0. The number of imide groups is 1. The molecule has 2 aromatic rings. The average molecular weight is 497 g/mol. The minimum Gasteiger partial charge on any atom is -0.383 e. The Bertz CT molecular complexity index is 1080. The number of hydrogen-bond acceptors (Lipinski definition) is 8. The standard InChI is InChI=1S/C20H28N6O5S2/c1-3-26-18(15-7-6-8-16(13-15)33(29,30)25-10-4-5-11-25)23-24-20(26)32-14-17(27)22-19(28)21-9-12-31-2/h6-8,13H,3-5,9-12,14H2,1-2H3,(H2,21,22,27,28). The number of benzene rings is 1. The van der Waals surface area contributed by atoms with Crippen molar-refractivity contribution in [1.82, 2.24) is 29.7 Å². The van der Waals surface area contributed by atoms with Gasteiger partial charge in [-0.2, -0.15) is 4.31 Å². The molecule has 1 fully saturated rings. The van der Waals surface area contributed by atoms with Crippen LogP contribution in [-0.2, 0) is 26.1 Å². The van der Waals surface area contributed by atoms with Crippen molar-refractivity contribution in [1.29, 1.82) is 0 Å². The largest absolute Gasteiger partial charge is 0.383 e. The molecule has 2 N–H and O–H groups in total. The van der Waals surface area contributed by atoms with Crippen LogP contribution >= 0.6 is 11.8 Å². The first kappa shape index (κ1) is 25.1. The minimum atomic E-state index is -3.55. The van der Waals surface area contributed by atoms with Crippen molar-refractivity contribution in [3.63, 3.8) is 0 Å². The van der Waals surface area contributed by atoms with Gasteiger partial charge in [0.05, 0.1) is 17.3 Å². The predicted molar refractivity (Wildman–Crippen MR) is 123 cm³/mol. The van der Waals surface area contributed by atoms with E-state index in [4.69, 9.17) is 4.74 Å². The van der Waals surface area contributed by atoms with Crippen molar-refractivity contribution < 1.29 is 22.7 Å². The Kier molecular flexibility index (Phi) is 8.83. The van der Waals surface area contributed by atoms with Gasteiger partial charge in [0.2, 0.25) is 15.9 Å². The number of nitrogens with zero attached hydrogens (tertiary/aromatic N) is 4. The number of amides is 3. The van der Waals surface area contributed by atoms with E-state index in [9.17, 15) is 18.0 Å². The second-order valence-electron chi connectivity index (χ2n) is 7.28. The van der Waals surface area contributed by atoms with E-state index in [-0.39, 0.29) is 10.6 Å². The highest BCUT2D eigenvalue weighted by atomic mass is 32.2. The number of thioether (sulfide) groups is 1. The summed E-state index contributed by atoms with van der Waals surface area (Å²) in [6.45, 7) is 4.13. The van der Waals surface area contributed by atoms with Crippen molar-refractivity contribution >= 4 is 33.7 Å². The van der Waals surface area contributed by atoms with E-state index in [0.717, 1.165) is 24.6 Å². The second kappa shape index (κ2) is 11.6. The maximum absolute atomic E-state index is 12.9. The Morgan fingerprint density at radius 3 is 2.67 bits per heavy atom. The SMILES string of the molecule is CCn1c(SCC(=O)NC(=O)NCCOC)nnc1-c1cccc(S(=O)(=O)N2CCCC2)c1. The van der Waals surface area contributed by atoms with E-state index in [1.807, 2.05) is 6.92 Å². The van der Waals surface area contributed by atoms with Gasteiger partial charge in [0.25, 0.3) is 0 Å². The topological polar surface area (TPSA) is 136 Å². The van der Waals surface area contributed by atoms with Gasteiger partial charge in [-0.15, -0.1) is 10.2 Å². The molecule has 1 aromatic heterocycles. The third-order valence-corrected chi connectivity index (χ3v) is 7.87. The maximum Gasteiger partial charge on any atom is 0.321 e. The van der Waals surface area contributed by atoms with Gasteiger partial charge in [0.1, 0.15) is 0 Å². The average Bonchev–Trinajstić information content (AvgIpc) is 3.48. The van der Waals surface area contributed by atoms with E-state index < -0.39 is 22.0 Å². The Hall–Kier alpha value is -2.48. The molecular weight excluding hydrogens is 468 g/mol. The van der Waals surface area contributed by atoms with Crippen molar-refractivity contribution in [2.75, 3.05) is 39.1 Å². The van der Waals surface area contributed by atoms with Crippen LogP contribution in [0, 0.1) is 0 Å². The number of sulfonamides is 1. The lowest BCUT2D eigenvalue weighted by Gasteiger charge is -2.16. The number of ether oxygens (including phenoxy) is 1. The van der Waals surface area contributed by atoms with Crippen LogP contribution in [-0.4, -0.2) is 78.5 Å². The fourth-order valence-corrected chi connectivity index (χ4v) is 5.74. The molecule has 1 saturated heterocycles. The van der Waals surface area contributed by atoms with Crippen LogP contribution in [0.2, 0.25) is 0 Å². The molecule has 2 heterocycles. The molecule has 3 rings (SSSR count). The van der Waals surface area contributed by atoms with Gasteiger partial charge in [-0.25, -0.2) is 13.2 Å². The summed E-state index contributed by atoms with van der Waals surface area (Å²) in [7, 11) is -2.04. The molecule has 0 unspecified atom stereocenters. The monoisotopic (exact) mass is 496 g/mol. The summed E-state index contributed by atoms with van der Waals surface area (Å²) in [6, 6.07) is 6.07. The zero-order valence-electron chi connectivity index (χ0n) is 18.6. The number of aromatic nitrogens is 3. The van der Waals surface area contributed by atoms with Gasteiger partial charge in [-0.05, 0) is 31.9 Å². The van der Waals surface area contributed by atoms with Crippen LogP contribution in [0.4, 0.5) is 4.79 Å². The molecule has 11 nitrogen and oxygen atoms in total. The summed E-state index contributed by atoms with van der Waals surface area (Å²) in [5.74, 6) is 0.0103. The summed E-state index contributed by atoms with van der Waals surface area (Å²) in [5, 5.41) is 13.6. The zero-order chi connectivity index (χ0) is 23.8. The van der Waals surface area contributed by atoms with Crippen LogP contribution in [0.1, 0.15) is 19.8 Å². The molecule has 1 aliphatic heterocycles. The number of carbonyl (C=O) groups excluding carboxylic acids is 2. The lowest BCUT2D eigenvalue weighted by molar-refractivity contribution is -0.117. The number of carbonyl (C=O) groups is 2. The lowest BCUT2D eigenvalue weighted by Crippen LogP contribution is -2.41. The van der Waals surface area contributed by atoms with E-state index in [1.54, 1.807) is 28.8 Å². The number of urea groups is 1.